The fourth-order valence-corrected chi connectivity index (χ4v) is 2.85. The minimum atomic E-state index is -0.644. The van der Waals surface area contributed by atoms with Crippen molar-refractivity contribution < 1.29 is 13.7 Å². The van der Waals surface area contributed by atoms with Crippen LogP contribution in [0.5, 0.6) is 0 Å². The molecule has 1 aliphatic rings. The van der Waals surface area contributed by atoms with Gasteiger partial charge in [-0.2, -0.15) is 4.98 Å². The highest BCUT2D eigenvalue weighted by Crippen LogP contribution is 2.44. The largest absolute Gasteiger partial charge is 0.345 e. The van der Waals surface area contributed by atoms with Gasteiger partial charge in [0.1, 0.15) is 5.82 Å². The van der Waals surface area contributed by atoms with Crippen LogP contribution in [0.1, 0.15) is 49.5 Å². The summed E-state index contributed by atoms with van der Waals surface area (Å²) in [7, 11) is 0. The lowest BCUT2D eigenvalue weighted by atomic mass is 9.63. The predicted molar refractivity (Wildman–Crippen MR) is 77.5 cm³/mol. The number of benzene rings is 1. The Bertz CT molecular complexity index is 694. The zero-order valence-electron chi connectivity index (χ0n) is 12.6. The molecule has 5 nitrogen and oxygen atoms in total. The first-order valence-corrected chi connectivity index (χ1v) is 7.38. The number of hydrogen-bond acceptors (Lipinski definition) is 4. The molecule has 1 atom stereocenters. The Balaban J connectivity index is 1.80. The molecule has 1 aromatic heterocycles. The topological polar surface area (TPSA) is 68.0 Å². The Hall–Kier alpha value is -2.24. The van der Waals surface area contributed by atoms with Crippen molar-refractivity contribution in [2.75, 3.05) is 0 Å². The molecule has 1 heterocycles. The van der Waals surface area contributed by atoms with Crippen molar-refractivity contribution in [1.29, 1.82) is 0 Å². The Kier molecular flexibility index (Phi) is 3.68. The molecule has 0 bridgehead atoms. The third-order valence-corrected chi connectivity index (χ3v) is 4.30. The molecule has 22 heavy (non-hydrogen) atoms. The third-order valence-electron chi connectivity index (χ3n) is 4.30. The summed E-state index contributed by atoms with van der Waals surface area (Å²) in [5.41, 5.74) is 0.0857. The van der Waals surface area contributed by atoms with Gasteiger partial charge in [-0.3, -0.25) is 4.79 Å². The van der Waals surface area contributed by atoms with Gasteiger partial charge in [0.05, 0.1) is 11.5 Å². The fourth-order valence-electron chi connectivity index (χ4n) is 2.85. The van der Waals surface area contributed by atoms with Crippen molar-refractivity contribution >= 4 is 5.91 Å². The van der Waals surface area contributed by atoms with Gasteiger partial charge in [0.25, 0.3) is 0 Å². The van der Waals surface area contributed by atoms with Gasteiger partial charge in [0.15, 0.2) is 5.82 Å². The number of hydrogen-bond donors (Lipinski definition) is 1. The standard InChI is InChI=1S/C16H18FN3O2/c1-10(14-19-11(2)22-20-14)18-15(21)16(7-4-8-16)12-5-3-6-13(17)9-12/h3,5-6,9-10H,4,7-8H2,1-2H3,(H,18,21)/t10-/m0/s1. The molecule has 116 valence electrons. The van der Waals surface area contributed by atoms with Gasteiger partial charge in [0, 0.05) is 6.92 Å². The molecule has 6 heteroatoms. The average Bonchev–Trinajstić information content (AvgIpc) is 2.84. The van der Waals surface area contributed by atoms with Gasteiger partial charge in [-0.1, -0.05) is 23.7 Å². The van der Waals surface area contributed by atoms with Crippen LogP contribution in [0.25, 0.3) is 0 Å². The predicted octanol–water partition coefficient (Wildman–Crippen LogP) is 2.82. The molecule has 0 spiro atoms. The van der Waals surface area contributed by atoms with Crippen molar-refractivity contribution in [2.24, 2.45) is 0 Å². The van der Waals surface area contributed by atoms with E-state index in [-0.39, 0.29) is 17.8 Å². The normalized spacial score (nSPS) is 17.6. The van der Waals surface area contributed by atoms with Gasteiger partial charge in [-0.15, -0.1) is 0 Å². The summed E-state index contributed by atoms with van der Waals surface area (Å²) in [4.78, 5) is 16.9. The monoisotopic (exact) mass is 303 g/mol. The fraction of sp³-hybridized carbons (Fsp3) is 0.438. The number of halogens is 1. The van der Waals surface area contributed by atoms with Crippen molar-refractivity contribution in [1.82, 2.24) is 15.5 Å². The van der Waals surface area contributed by atoms with Gasteiger partial charge in [-0.05, 0) is 37.5 Å². The van der Waals surface area contributed by atoms with Gasteiger partial charge < -0.3 is 9.84 Å². The van der Waals surface area contributed by atoms with Gasteiger partial charge in [0.2, 0.25) is 11.8 Å². The first-order chi connectivity index (χ1) is 10.5. The summed E-state index contributed by atoms with van der Waals surface area (Å²) in [5.74, 6) is 0.469. The molecule has 0 radical (unpaired) electrons. The maximum Gasteiger partial charge on any atom is 0.231 e. The number of aryl methyl sites for hydroxylation is 1. The van der Waals surface area contributed by atoms with Crippen molar-refractivity contribution in [3.63, 3.8) is 0 Å². The van der Waals surface area contributed by atoms with E-state index in [0.717, 1.165) is 24.8 Å². The molecule has 0 aliphatic heterocycles. The van der Waals surface area contributed by atoms with Crippen LogP contribution < -0.4 is 5.32 Å². The molecule has 2 aromatic rings. The second-order valence-corrected chi connectivity index (χ2v) is 5.81. The SMILES string of the molecule is Cc1nc([C@H](C)NC(=O)C2(c3cccc(F)c3)CCC2)no1. The van der Waals surface area contributed by atoms with Crippen LogP contribution in [0.15, 0.2) is 28.8 Å². The Morgan fingerprint density at radius 1 is 1.45 bits per heavy atom. The van der Waals surface area contributed by atoms with E-state index in [4.69, 9.17) is 4.52 Å². The number of rotatable bonds is 4. The number of nitrogens with one attached hydrogen (secondary N) is 1. The lowest BCUT2D eigenvalue weighted by molar-refractivity contribution is -0.130. The summed E-state index contributed by atoms with van der Waals surface area (Å²) in [6.45, 7) is 3.51. The van der Waals surface area contributed by atoms with E-state index in [1.807, 2.05) is 6.07 Å². The van der Waals surface area contributed by atoms with Crippen LogP contribution in [0.2, 0.25) is 0 Å². The summed E-state index contributed by atoms with van der Waals surface area (Å²) in [6, 6.07) is 5.94. The van der Waals surface area contributed by atoms with Crippen LogP contribution in [0, 0.1) is 12.7 Å². The summed E-state index contributed by atoms with van der Waals surface area (Å²) in [5, 5.41) is 6.74. The summed E-state index contributed by atoms with van der Waals surface area (Å²) in [6.07, 6.45) is 2.40. The molecule has 3 rings (SSSR count). The van der Waals surface area contributed by atoms with Crippen LogP contribution in [-0.4, -0.2) is 16.0 Å². The first-order valence-electron chi connectivity index (χ1n) is 7.38. The van der Waals surface area contributed by atoms with Crippen LogP contribution in [-0.2, 0) is 10.2 Å². The van der Waals surface area contributed by atoms with E-state index in [1.54, 1.807) is 19.9 Å². The van der Waals surface area contributed by atoms with Crippen molar-refractivity contribution in [3.05, 3.63) is 47.4 Å². The zero-order valence-corrected chi connectivity index (χ0v) is 12.6. The highest BCUT2D eigenvalue weighted by atomic mass is 19.1. The average molecular weight is 303 g/mol. The molecule has 0 unspecified atom stereocenters. The van der Waals surface area contributed by atoms with E-state index < -0.39 is 5.41 Å². The van der Waals surface area contributed by atoms with E-state index in [2.05, 4.69) is 15.5 Å². The molecule has 1 aromatic carbocycles. The number of carbonyl (C=O) groups is 1. The maximum atomic E-state index is 13.5. The molecule has 1 amide bonds. The minimum absolute atomic E-state index is 0.112. The van der Waals surface area contributed by atoms with Crippen LogP contribution in [0.4, 0.5) is 4.39 Å². The number of nitrogens with zero attached hydrogens (tertiary/aromatic N) is 2. The smallest absolute Gasteiger partial charge is 0.231 e. The van der Waals surface area contributed by atoms with E-state index in [0.29, 0.717) is 11.7 Å². The van der Waals surface area contributed by atoms with Gasteiger partial charge in [-0.25, -0.2) is 4.39 Å². The van der Waals surface area contributed by atoms with Crippen molar-refractivity contribution in [2.45, 2.75) is 44.6 Å². The highest BCUT2D eigenvalue weighted by Gasteiger charge is 2.46. The second kappa shape index (κ2) is 5.51. The second-order valence-electron chi connectivity index (χ2n) is 5.81. The van der Waals surface area contributed by atoms with E-state index in [1.165, 1.54) is 12.1 Å². The molecular formula is C16H18FN3O2. The van der Waals surface area contributed by atoms with E-state index in [9.17, 15) is 9.18 Å². The van der Waals surface area contributed by atoms with Crippen molar-refractivity contribution in [3.8, 4) is 0 Å². The molecule has 1 saturated carbocycles. The Labute approximate surface area is 127 Å². The number of aromatic nitrogens is 2. The zero-order chi connectivity index (χ0) is 15.7. The lowest BCUT2D eigenvalue weighted by Crippen LogP contribution is -2.49. The van der Waals surface area contributed by atoms with Gasteiger partial charge >= 0.3 is 0 Å². The summed E-state index contributed by atoms with van der Waals surface area (Å²) >= 11 is 0. The molecule has 1 fully saturated rings. The highest BCUT2D eigenvalue weighted by molar-refractivity contribution is 5.89. The molecule has 1 aliphatic carbocycles. The number of carbonyl (C=O) groups excluding carboxylic acids is 1. The lowest BCUT2D eigenvalue weighted by Gasteiger charge is -2.41. The first kappa shape index (κ1) is 14.7. The molecular weight excluding hydrogens is 285 g/mol. The Morgan fingerprint density at radius 3 is 2.77 bits per heavy atom. The molecule has 0 saturated heterocycles. The van der Waals surface area contributed by atoms with E-state index >= 15 is 0 Å². The van der Waals surface area contributed by atoms with Crippen LogP contribution in [0.3, 0.4) is 0 Å². The van der Waals surface area contributed by atoms with Crippen LogP contribution >= 0.6 is 0 Å². The Morgan fingerprint density at radius 2 is 2.23 bits per heavy atom. The quantitative estimate of drug-likeness (QED) is 0.943. The summed E-state index contributed by atoms with van der Waals surface area (Å²) < 4.78 is 18.4. The minimum Gasteiger partial charge on any atom is -0.345 e. The third kappa shape index (κ3) is 2.49. The number of amides is 1. The maximum absolute atomic E-state index is 13.5. The molecule has 1 N–H and O–H groups in total.